The fourth-order valence-electron chi connectivity index (χ4n) is 4.29. The molecule has 1 aliphatic heterocycles. The molecule has 4 rings (SSSR count). The van der Waals surface area contributed by atoms with Gasteiger partial charge in [0, 0.05) is 36.5 Å². The summed E-state index contributed by atoms with van der Waals surface area (Å²) < 4.78 is 10.8. The van der Waals surface area contributed by atoms with Gasteiger partial charge in [0.2, 0.25) is 0 Å². The molecule has 6 heteroatoms. The lowest BCUT2D eigenvalue weighted by molar-refractivity contribution is 0.0260. The Labute approximate surface area is 181 Å². The molecule has 0 unspecified atom stereocenters. The summed E-state index contributed by atoms with van der Waals surface area (Å²) in [4.78, 5) is 16.5. The zero-order chi connectivity index (χ0) is 20.8. The summed E-state index contributed by atoms with van der Waals surface area (Å²) in [6.07, 6.45) is 2.55. The number of likely N-dealkylation sites (tertiary alicyclic amines) is 1. The van der Waals surface area contributed by atoms with E-state index in [9.17, 15) is 4.79 Å². The van der Waals surface area contributed by atoms with Crippen molar-refractivity contribution in [1.82, 2.24) is 4.90 Å². The van der Waals surface area contributed by atoms with Crippen molar-refractivity contribution >= 4 is 22.7 Å². The average molecular weight is 428 g/mol. The van der Waals surface area contributed by atoms with Crippen LogP contribution in [0.25, 0.3) is 5.57 Å². The molecule has 2 heterocycles. The standard InChI is InChI=1S/C24H29NO4S/c26-11-13-29-15-14-28-12-10-25-8-5-18(6-9-25)24-20-4-2-1-3-19(20)22(27)17-23-21(24)7-16-30-23/h1-4,7,16,26H,5-6,8-15,17H2. The molecule has 160 valence electrons. The van der Waals surface area contributed by atoms with Crippen molar-refractivity contribution in [3.8, 4) is 0 Å². The highest BCUT2D eigenvalue weighted by Gasteiger charge is 2.27. The van der Waals surface area contributed by atoms with Gasteiger partial charge in [0.05, 0.1) is 33.0 Å². The van der Waals surface area contributed by atoms with Crippen molar-refractivity contribution in [2.45, 2.75) is 19.3 Å². The van der Waals surface area contributed by atoms with Crippen LogP contribution in [0.4, 0.5) is 0 Å². The largest absolute Gasteiger partial charge is 0.394 e. The summed E-state index contributed by atoms with van der Waals surface area (Å²) in [6, 6.07) is 10.3. The molecule has 30 heavy (non-hydrogen) atoms. The van der Waals surface area contributed by atoms with Crippen LogP contribution in [0.3, 0.4) is 0 Å². The first kappa shape index (κ1) is 21.4. The molecule has 0 spiro atoms. The molecule has 1 aromatic heterocycles. The molecular formula is C24H29NO4S. The fraction of sp³-hybridized carbons (Fsp3) is 0.458. The molecule has 0 bridgehead atoms. The number of aliphatic hydroxyl groups is 1. The van der Waals surface area contributed by atoms with E-state index < -0.39 is 0 Å². The van der Waals surface area contributed by atoms with E-state index in [1.165, 1.54) is 21.6 Å². The third-order valence-electron chi connectivity index (χ3n) is 5.81. The van der Waals surface area contributed by atoms with E-state index >= 15 is 0 Å². The number of Topliss-reactive ketones (excluding diaryl/α,β-unsaturated/α-hetero) is 1. The third-order valence-corrected chi connectivity index (χ3v) is 6.73. The molecule has 1 aromatic carbocycles. The average Bonchev–Trinajstić information content (AvgIpc) is 3.18. The molecule has 1 N–H and O–H groups in total. The van der Waals surface area contributed by atoms with Crippen LogP contribution in [0.15, 0.2) is 41.3 Å². The second-order valence-corrected chi connectivity index (χ2v) is 8.67. The van der Waals surface area contributed by atoms with Crippen molar-refractivity contribution in [1.29, 1.82) is 0 Å². The number of thiophene rings is 1. The van der Waals surface area contributed by atoms with Gasteiger partial charge < -0.3 is 19.5 Å². The maximum Gasteiger partial charge on any atom is 0.168 e. The van der Waals surface area contributed by atoms with E-state index in [0.717, 1.165) is 43.6 Å². The van der Waals surface area contributed by atoms with Crippen LogP contribution >= 0.6 is 11.3 Å². The Morgan fingerprint density at radius 3 is 2.43 bits per heavy atom. The number of hydrogen-bond donors (Lipinski definition) is 1. The van der Waals surface area contributed by atoms with Crippen LogP contribution in [0.5, 0.6) is 0 Å². The minimum atomic E-state index is 0.0527. The Morgan fingerprint density at radius 2 is 1.67 bits per heavy atom. The maximum absolute atomic E-state index is 12.8. The molecule has 1 fully saturated rings. The smallest absolute Gasteiger partial charge is 0.168 e. The number of carbonyl (C=O) groups excluding carboxylic acids is 1. The highest BCUT2D eigenvalue weighted by atomic mass is 32.1. The van der Waals surface area contributed by atoms with Crippen molar-refractivity contribution in [3.63, 3.8) is 0 Å². The SMILES string of the molecule is O=C1Cc2sccc2C(=C2CCN(CCOCCOCCO)CC2)c2ccccc21. The number of hydrogen-bond acceptors (Lipinski definition) is 6. The molecule has 0 radical (unpaired) electrons. The van der Waals surface area contributed by atoms with Gasteiger partial charge in [-0.05, 0) is 41.0 Å². The quantitative estimate of drug-likeness (QED) is 0.655. The van der Waals surface area contributed by atoms with Crippen LogP contribution in [-0.2, 0) is 15.9 Å². The van der Waals surface area contributed by atoms with Crippen LogP contribution < -0.4 is 0 Å². The Morgan fingerprint density at radius 1 is 0.933 bits per heavy atom. The summed E-state index contributed by atoms with van der Waals surface area (Å²) in [6.45, 7) is 5.15. The third kappa shape index (κ3) is 4.90. The topological polar surface area (TPSA) is 59.0 Å². The van der Waals surface area contributed by atoms with Crippen LogP contribution in [0.2, 0.25) is 0 Å². The van der Waals surface area contributed by atoms with E-state index in [0.29, 0.717) is 32.8 Å². The predicted molar refractivity (Wildman–Crippen MR) is 119 cm³/mol. The highest BCUT2D eigenvalue weighted by Crippen LogP contribution is 2.40. The van der Waals surface area contributed by atoms with Gasteiger partial charge >= 0.3 is 0 Å². The Balaban J connectivity index is 1.42. The second kappa shape index (κ2) is 10.5. The molecule has 0 amide bonds. The Hall–Kier alpha value is -1.83. The van der Waals surface area contributed by atoms with Crippen LogP contribution in [0.1, 0.15) is 39.2 Å². The van der Waals surface area contributed by atoms with Gasteiger partial charge in [-0.1, -0.05) is 29.8 Å². The van der Waals surface area contributed by atoms with Crippen molar-refractivity contribution in [3.05, 3.63) is 62.9 Å². The first-order valence-electron chi connectivity index (χ1n) is 10.7. The lowest BCUT2D eigenvalue weighted by Gasteiger charge is -2.30. The number of aliphatic hydroxyl groups excluding tert-OH is 1. The molecular weight excluding hydrogens is 398 g/mol. The normalized spacial score (nSPS) is 17.0. The molecule has 0 saturated carbocycles. The van der Waals surface area contributed by atoms with Crippen LogP contribution in [-0.4, -0.2) is 68.5 Å². The first-order chi connectivity index (χ1) is 14.8. The number of nitrogens with zero attached hydrogens (tertiary/aromatic N) is 1. The first-order valence-corrected chi connectivity index (χ1v) is 11.6. The molecule has 5 nitrogen and oxygen atoms in total. The van der Waals surface area contributed by atoms with E-state index in [2.05, 4.69) is 22.4 Å². The van der Waals surface area contributed by atoms with Crippen molar-refractivity contribution in [2.75, 3.05) is 52.7 Å². The van der Waals surface area contributed by atoms with Gasteiger partial charge in [-0.25, -0.2) is 0 Å². The van der Waals surface area contributed by atoms with Gasteiger partial charge in [0.1, 0.15) is 0 Å². The summed E-state index contributed by atoms with van der Waals surface area (Å²) >= 11 is 1.70. The summed E-state index contributed by atoms with van der Waals surface area (Å²) in [5.74, 6) is 0.224. The molecule has 1 aliphatic carbocycles. The summed E-state index contributed by atoms with van der Waals surface area (Å²) in [7, 11) is 0. The lowest BCUT2D eigenvalue weighted by Crippen LogP contribution is -2.34. The van der Waals surface area contributed by atoms with E-state index in [1.807, 2.05) is 18.2 Å². The predicted octanol–water partition coefficient (Wildman–Crippen LogP) is 3.41. The number of rotatable bonds is 8. The Bertz CT molecular complexity index is 894. The monoisotopic (exact) mass is 427 g/mol. The fourth-order valence-corrected chi connectivity index (χ4v) is 5.17. The van der Waals surface area contributed by atoms with E-state index in [1.54, 1.807) is 11.3 Å². The Kier molecular flexibility index (Phi) is 7.47. The molecule has 2 aromatic rings. The molecule has 0 atom stereocenters. The van der Waals surface area contributed by atoms with E-state index in [-0.39, 0.29) is 12.4 Å². The zero-order valence-electron chi connectivity index (χ0n) is 17.3. The highest BCUT2D eigenvalue weighted by molar-refractivity contribution is 7.10. The number of carbonyl (C=O) groups is 1. The zero-order valence-corrected chi connectivity index (χ0v) is 18.1. The lowest BCUT2D eigenvalue weighted by atomic mass is 9.87. The van der Waals surface area contributed by atoms with Crippen molar-refractivity contribution in [2.24, 2.45) is 0 Å². The number of benzene rings is 1. The van der Waals surface area contributed by atoms with Gasteiger partial charge in [-0.15, -0.1) is 11.3 Å². The molecule has 1 saturated heterocycles. The van der Waals surface area contributed by atoms with Gasteiger partial charge in [-0.2, -0.15) is 0 Å². The number of ether oxygens (including phenoxy) is 2. The second-order valence-electron chi connectivity index (χ2n) is 7.67. The summed E-state index contributed by atoms with van der Waals surface area (Å²) in [5.41, 5.74) is 5.99. The molecule has 2 aliphatic rings. The van der Waals surface area contributed by atoms with E-state index in [4.69, 9.17) is 14.6 Å². The minimum absolute atomic E-state index is 0.0527. The van der Waals surface area contributed by atoms with Crippen LogP contribution in [0, 0.1) is 0 Å². The minimum Gasteiger partial charge on any atom is -0.394 e. The maximum atomic E-state index is 12.8. The van der Waals surface area contributed by atoms with Gasteiger partial charge in [0.25, 0.3) is 0 Å². The van der Waals surface area contributed by atoms with Gasteiger partial charge in [0.15, 0.2) is 5.78 Å². The van der Waals surface area contributed by atoms with Gasteiger partial charge in [-0.3, -0.25) is 4.79 Å². The summed E-state index contributed by atoms with van der Waals surface area (Å²) in [5, 5.41) is 10.8. The van der Waals surface area contributed by atoms with Crippen molar-refractivity contribution < 1.29 is 19.4 Å². The number of piperidine rings is 1. The number of fused-ring (bicyclic) bond motifs is 2. The number of ketones is 1.